The minimum Gasteiger partial charge on any atom is -0.389 e. The van der Waals surface area contributed by atoms with E-state index in [1.165, 1.54) is 0 Å². The number of hydrogen-bond acceptors (Lipinski definition) is 4. The molecule has 0 aromatic carbocycles. The first-order valence-electron chi connectivity index (χ1n) is 5.51. The van der Waals surface area contributed by atoms with Crippen molar-refractivity contribution in [2.75, 3.05) is 11.9 Å². The predicted octanol–water partition coefficient (Wildman–Crippen LogP) is 1.09. The van der Waals surface area contributed by atoms with Gasteiger partial charge in [0.25, 0.3) is 0 Å². The minimum atomic E-state index is 0.362. The minimum absolute atomic E-state index is 0.362. The lowest BCUT2D eigenvalue weighted by atomic mass is 10.3. The summed E-state index contributed by atoms with van der Waals surface area (Å²) in [5.41, 5.74) is 6.31. The molecule has 2 aromatic rings. The number of thiocarbonyl (C=S) groups is 1. The Morgan fingerprint density at radius 1 is 1.44 bits per heavy atom. The molecule has 0 amide bonds. The fourth-order valence-corrected chi connectivity index (χ4v) is 1.72. The quantitative estimate of drug-likeness (QED) is 0.835. The van der Waals surface area contributed by atoms with Crippen LogP contribution in [-0.2, 0) is 13.6 Å². The summed E-state index contributed by atoms with van der Waals surface area (Å²) in [6.45, 7) is 0.697. The Balaban J connectivity index is 2.12. The molecule has 5 nitrogen and oxygen atoms in total. The summed E-state index contributed by atoms with van der Waals surface area (Å²) in [7, 11) is 3.94. The molecular formula is C12H15N5S. The molecule has 0 fully saturated rings. The maximum Gasteiger partial charge on any atom is 0.128 e. The highest BCUT2D eigenvalue weighted by Gasteiger charge is 2.07. The Bertz CT molecular complexity index is 546. The molecule has 2 aromatic heterocycles. The molecular weight excluding hydrogens is 246 g/mol. The van der Waals surface area contributed by atoms with Gasteiger partial charge in [-0.25, -0.2) is 9.97 Å². The summed E-state index contributed by atoms with van der Waals surface area (Å²) in [4.78, 5) is 11.0. The van der Waals surface area contributed by atoms with E-state index in [9.17, 15) is 0 Å². The van der Waals surface area contributed by atoms with E-state index in [2.05, 4.69) is 9.97 Å². The molecule has 0 spiro atoms. The lowest BCUT2D eigenvalue weighted by Gasteiger charge is -2.17. The fourth-order valence-electron chi connectivity index (χ4n) is 1.60. The zero-order chi connectivity index (χ0) is 13.1. The number of nitrogens with two attached hydrogens (primary N) is 1. The molecule has 0 aliphatic rings. The van der Waals surface area contributed by atoms with Gasteiger partial charge in [-0.1, -0.05) is 12.2 Å². The number of rotatable bonds is 4. The summed E-state index contributed by atoms with van der Waals surface area (Å²) in [5.74, 6) is 1.84. The summed E-state index contributed by atoms with van der Waals surface area (Å²) in [6.07, 6.45) is 5.39. The first-order chi connectivity index (χ1) is 8.58. The zero-order valence-corrected chi connectivity index (χ0v) is 11.2. The van der Waals surface area contributed by atoms with E-state index in [1.807, 2.05) is 41.9 Å². The second-order valence-electron chi connectivity index (χ2n) is 4.08. The van der Waals surface area contributed by atoms with E-state index < -0.39 is 0 Å². The van der Waals surface area contributed by atoms with Crippen LogP contribution in [0.3, 0.4) is 0 Å². The molecule has 2 N–H and O–H groups in total. The van der Waals surface area contributed by atoms with E-state index in [4.69, 9.17) is 18.0 Å². The Kier molecular flexibility index (Phi) is 3.57. The highest BCUT2D eigenvalue weighted by Crippen LogP contribution is 2.12. The molecule has 2 rings (SSSR count). The normalized spacial score (nSPS) is 10.3. The van der Waals surface area contributed by atoms with E-state index >= 15 is 0 Å². The van der Waals surface area contributed by atoms with Crippen molar-refractivity contribution in [3.8, 4) is 0 Å². The number of imidazole rings is 1. The van der Waals surface area contributed by atoms with Gasteiger partial charge < -0.3 is 15.2 Å². The zero-order valence-electron chi connectivity index (χ0n) is 10.4. The van der Waals surface area contributed by atoms with Crippen molar-refractivity contribution >= 4 is 23.0 Å². The lowest BCUT2D eigenvalue weighted by Crippen LogP contribution is -2.20. The molecule has 0 saturated heterocycles. The van der Waals surface area contributed by atoms with Crippen LogP contribution in [0.25, 0.3) is 0 Å². The Labute approximate surface area is 111 Å². The molecule has 0 radical (unpaired) electrons. The lowest BCUT2D eigenvalue weighted by molar-refractivity contribution is 0.755. The van der Waals surface area contributed by atoms with Crippen LogP contribution >= 0.6 is 12.2 Å². The standard InChI is InChI=1S/C12H15N5S/c1-16-6-5-14-11(16)8-17(2)10-4-3-9(7-15-10)12(13)18/h3-7H,8H2,1-2H3,(H2,13,18). The first-order valence-corrected chi connectivity index (χ1v) is 5.92. The maximum atomic E-state index is 5.53. The van der Waals surface area contributed by atoms with Crippen LogP contribution in [0.15, 0.2) is 30.7 Å². The van der Waals surface area contributed by atoms with Gasteiger partial charge in [-0.2, -0.15) is 0 Å². The SMILES string of the molecule is CN(Cc1nccn1C)c1ccc(C(N)=S)cn1. The van der Waals surface area contributed by atoms with Crippen LogP contribution in [-0.4, -0.2) is 26.6 Å². The maximum absolute atomic E-state index is 5.53. The third-order valence-corrected chi connectivity index (χ3v) is 2.96. The van der Waals surface area contributed by atoms with Crippen LogP contribution < -0.4 is 10.6 Å². The van der Waals surface area contributed by atoms with Gasteiger partial charge in [0.1, 0.15) is 16.6 Å². The van der Waals surface area contributed by atoms with Crippen molar-refractivity contribution in [1.82, 2.24) is 14.5 Å². The smallest absolute Gasteiger partial charge is 0.128 e. The van der Waals surface area contributed by atoms with Crippen molar-refractivity contribution in [2.24, 2.45) is 12.8 Å². The van der Waals surface area contributed by atoms with Gasteiger partial charge in [0, 0.05) is 38.2 Å². The van der Waals surface area contributed by atoms with Crippen LogP contribution in [0.4, 0.5) is 5.82 Å². The average molecular weight is 261 g/mol. The molecule has 2 heterocycles. The van der Waals surface area contributed by atoms with E-state index in [0.29, 0.717) is 11.5 Å². The second kappa shape index (κ2) is 5.14. The molecule has 18 heavy (non-hydrogen) atoms. The van der Waals surface area contributed by atoms with Crippen molar-refractivity contribution in [2.45, 2.75) is 6.54 Å². The Morgan fingerprint density at radius 3 is 2.72 bits per heavy atom. The van der Waals surface area contributed by atoms with Gasteiger partial charge in [-0.05, 0) is 12.1 Å². The molecule has 0 unspecified atom stereocenters. The van der Waals surface area contributed by atoms with Gasteiger partial charge in [0.05, 0.1) is 6.54 Å². The Hall–Kier alpha value is -1.95. The fraction of sp³-hybridized carbons (Fsp3) is 0.250. The monoisotopic (exact) mass is 261 g/mol. The molecule has 94 valence electrons. The number of aromatic nitrogens is 3. The van der Waals surface area contributed by atoms with Gasteiger partial charge in [-0.3, -0.25) is 0 Å². The van der Waals surface area contributed by atoms with Gasteiger partial charge >= 0.3 is 0 Å². The van der Waals surface area contributed by atoms with E-state index in [0.717, 1.165) is 17.2 Å². The summed E-state index contributed by atoms with van der Waals surface area (Å²) in [6, 6.07) is 3.77. The van der Waals surface area contributed by atoms with Gasteiger partial charge in [-0.15, -0.1) is 0 Å². The third-order valence-electron chi connectivity index (χ3n) is 2.72. The molecule has 0 bridgehead atoms. The molecule has 0 atom stereocenters. The number of pyridine rings is 1. The topological polar surface area (TPSA) is 60.0 Å². The van der Waals surface area contributed by atoms with Crippen molar-refractivity contribution < 1.29 is 0 Å². The number of nitrogens with zero attached hydrogens (tertiary/aromatic N) is 4. The van der Waals surface area contributed by atoms with Crippen LogP contribution in [0.2, 0.25) is 0 Å². The predicted molar refractivity (Wildman–Crippen MR) is 75.4 cm³/mol. The molecule has 6 heteroatoms. The molecule has 0 aliphatic carbocycles. The van der Waals surface area contributed by atoms with Crippen LogP contribution in [0.5, 0.6) is 0 Å². The van der Waals surface area contributed by atoms with Crippen molar-refractivity contribution in [1.29, 1.82) is 0 Å². The van der Waals surface area contributed by atoms with E-state index in [1.54, 1.807) is 12.4 Å². The molecule has 0 aliphatic heterocycles. The van der Waals surface area contributed by atoms with Crippen LogP contribution in [0.1, 0.15) is 11.4 Å². The average Bonchev–Trinajstić information content (AvgIpc) is 2.75. The number of anilines is 1. The highest BCUT2D eigenvalue weighted by molar-refractivity contribution is 7.80. The first kappa shape index (κ1) is 12.5. The second-order valence-corrected chi connectivity index (χ2v) is 4.52. The number of aryl methyl sites for hydroxylation is 1. The highest BCUT2D eigenvalue weighted by atomic mass is 32.1. The number of hydrogen-bond donors (Lipinski definition) is 1. The largest absolute Gasteiger partial charge is 0.389 e. The summed E-state index contributed by atoms with van der Waals surface area (Å²) < 4.78 is 1.99. The summed E-state index contributed by atoms with van der Waals surface area (Å²) >= 11 is 4.89. The van der Waals surface area contributed by atoms with Gasteiger partial charge in [0.2, 0.25) is 0 Å². The van der Waals surface area contributed by atoms with Crippen LogP contribution in [0, 0.1) is 0 Å². The van der Waals surface area contributed by atoms with Crippen molar-refractivity contribution in [3.05, 3.63) is 42.1 Å². The van der Waals surface area contributed by atoms with Crippen molar-refractivity contribution in [3.63, 3.8) is 0 Å². The Morgan fingerprint density at radius 2 is 2.22 bits per heavy atom. The van der Waals surface area contributed by atoms with E-state index in [-0.39, 0.29) is 0 Å². The third kappa shape index (κ3) is 2.65. The van der Waals surface area contributed by atoms with Gasteiger partial charge in [0.15, 0.2) is 0 Å². The molecule has 0 saturated carbocycles. The summed E-state index contributed by atoms with van der Waals surface area (Å²) in [5, 5.41) is 0.